The Morgan fingerprint density at radius 3 is 2.61 bits per heavy atom. The molecule has 4 nitrogen and oxygen atoms in total. The maximum atomic E-state index is 12.3. The molecule has 0 spiro atoms. The van der Waals surface area contributed by atoms with Crippen LogP contribution in [0, 0.1) is 13.8 Å². The van der Waals surface area contributed by atoms with Crippen LogP contribution in [0.2, 0.25) is 0 Å². The number of carbonyl (C=O) groups is 1. The van der Waals surface area contributed by atoms with E-state index in [1.54, 1.807) is 25.1 Å². The van der Waals surface area contributed by atoms with E-state index in [0.717, 1.165) is 15.4 Å². The Morgan fingerprint density at radius 2 is 1.87 bits per heavy atom. The number of hydrogen-bond donors (Lipinski definition) is 2. The molecule has 5 heteroatoms. The van der Waals surface area contributed by atoms with Crippen LogP contribution < -0.4 is 10.9 Å². The van der Waals surface area contributed by atoms with Gasteiger partial charge in [-0.1, -0.05) is 28.1 Å². The minimum absolute atomic E-state index is 0.106. The molecule has 0 aliphatic carbocycles. The lowest BCUT2D eigenvalue weighted by atomic mass is 10.1. The van der Waals surface area contributed by atoms with Crippen molar-refractivity contribution in [3.63, 3.8) is 0 Å². The van der Waals surface area contributed by atoms with E-state index in [-0.39, 0.29) is 11.5 Å². The molecule has 23 heavy (non-hydrogen) atoms. The number of H-pyrrole nitrogens is 1. The number of hydrogen-bond acceptors (Lipinski definition) is 2. The number of aromatic amines is 1. The maximum Gasteiger partial charge on any atom is 0.255 e. The summed E-state index contributed by atoms with van der Waals surface area (Å²) in [6.07, 6.45) is 0. The lowest BCUT2D eigenvalue weighted by molar-refractivity contribution is 0.102. The van der Waals surface area contributed by atoms with Gasteiger partial charge in [0, 0.05) is 26.7 Å². The summed E-state index contributed by atoms with van der Waals surface area (Å²) in [6.45, 7) is 3.73. The first-order chi connectivity index (χ1) is 11.0. The van der Waals surface area contributed by atoms with Crippen LogP contribution in [0.15, 0.2) is 51.7 Å². The van der Waals surface area contributed by atoms with Crippen LogP contribution >= 0.6 is 15.9 Å². The molecule has 0 bridgehead atoms. The van der Waals surface area contributed by atoms with Crippen molar-refractivity contribution in [2.75, 3.05) is 5.32 Å². The summed E-state index contributed by atoms with van der Waals surface area (Å²) in [5, 5.41) is 3.82. The fourth-order valence-corrected chi connectivity index (χ4v) is 2.87. The van der Waals surface area contributed by atoms with Gasteiger partial charge in [0.1, 0.15) is 0 Å². The van der Waals surface area contributed by atoms with Crippen LogP contribution in [0.5, 0.6) is 0 Å². The second kappa shape index (κ2) is 6.01. The topological polar surface area (TPSA) is 62.0 Å². The monoisotopic (exact) mass is 370 g/mol. The van der Waals surface area contributed by atoms with E-state index >= 15 is 0 Å². The van der Waals surface area contributed by atoms with Gasteiger partial charge in [0.25, 0.3) is 11.5 Å². The van der Waals surface area contributed by atoms with Gasteiger partial charge >= 0.3 is 0 Å². The average molecular weight is 371 g/mol. The van der Waals surface area contributed by atoms with Crippen LogP contribution in [-0.2, 0) is 0 Å². The van der Waals surface area contributed by atoms with Crippen molar-refractivity contribution in [3.8, 4) is 0 Å². The zero-order valence-corrected chi connectivity index (χ0v) is 14.3. The SMILES string of the molecule is Cc1c(C)c2ccc(NC(=O)c3cccc(Br)c3)cc2[nH]c1=O. The standard InChI is InChI=1S/C18H15BrN2O2/c1-10-11(2)17(22)21-16-9-14(6-7-15(10)16)20-18(23)12-4-3-5-13(19)8-12/h3-9H,1-2H3,(H,20,23)(H,21,22). The number of carbonyl (C=O) groups excluding carboxylic acids is 1. The van der Waals surface area contributed by atoms with E-state index in [1.807, 2.05) is 31.2 Å². The van der Waals surface area contributed by atoms with Gasteiger partial charge in [0.15, 0.2) is 0 Å². The molecule has 1 amide bonds. The molecule has 1 heterocycles. The van der Waals surface area contributed by atoms with E-state index in [9.17, 15) is 9.59 Å². The lowest BCUT2D eigenvalue weighted by Crippen LogP contribution is -2.13. The van der Waals surface area contributed by atoms with Gasteiger partial charge in [-0.05, 0) is 49.7 Å². The van der Waals surface area contributed by atoms with E-state index in [2.05, 4.69) is 26.2 Å². The van der Waals surface area contributed by atoms with Crippen molar-refractivity contribution in [1.82, 2.24) is 4.98 Å². The average Bonchev–Trinajstić information content (AvgIpc) is 2.52. The zero-order chi connectivity index (χ0) is 16.6. The number of aryl methyl sites for hydroxylation is 1. The van der Waals surface area contributed by atoms with E-state index in [0.29, 0.717) is 22.3 Å². The third kappa shape index (κ3) is 3.05. The fraction of sp³-hybridized carbons (Fsp3) is 0.111. The molecular weight excluding hydrogens is 356 g/mol. The first-order valence-corrected chi connectivity index (χ1v) is 7.95. The van der Waals surface area contributed by atoms with Gasteiger partial charge in [-0.3, -0.25) is 9.59 Å². The molecule has 2 aromatic carbocycles. The van der Waals surface area contributed by atoms with Crippen LogP contribution in [0.1, 0.15) is 21.5 Å². The Labute approximate surface area is 141 Å². The highest BCUT2D eigenvalue weighted by Gasteiger charge is 2.09. The Balaban J connectivity index is 1.97. The molecule has 3 aromatic rings. The van der Waals surface area contributed by atoms with E-state index < -0.39 is 0 Å². The molecule has 0 unspecified atom stereocenters. The van der Waals surface area contributed by atoms with Crippen LogP contribution in [0.25, 0.3) is 10.9 Å². The van der Waals surface area contributed by atoms with Gasteiger partial charge < -0.3 is 10.3 Å². The first-order valence-electron chi connectivity index (χ1n) is 7.16. The Hall–Kier alpha value is -2.40. The smallest absolute Gasteiger partial charge is 0.255 e. The van der Waals surface area contributed by atoms with Gasteiger partial charge in [-0.15, -0.1) is 0 Å². The van der Waals surface area contributed by atoms with Gasteiger partial charge in [0.2, 0.25) is 0 Å². The van der Waals surface area contributed by atoms with Crippen molar-refractivity contribution in [1.29, 1.82) is 0 Å². The largest absolute Gasteiger partial charge is 0.322 e. The number of fused-ring (bicyclic) bond motifs is 1. The Bertz CT molecular complexity index is 976. The minimum Gasteiger partial charge on any atom is -0.322 e. The van der Waals surface area contributed by atoms with Gasteiger partial charge in [-0.2, -0.15) is 0 Å². The molecule has 0 aliphatic rings. The number of aromatic nitrogens is 1. The second-order valence-electron chi connectivity index (χ2n) is 5.43. The third-order valence-corrected chi connectivity index (χ3v) is 4.41. The number of halogens is 1. The summed E-state index contributed by atoms with van der Waals surface area (Å²) in [4.78, 5) is 27.0. The summed E-state index contributed by atoms with van der Waals surface area (Å²) < 4.78 is 0.846. The summed E-state index contributed by atoms with van der Waals surface area (Å²) in [5.41, 5.74) is 3.47. The molecule has 0 aliphatic heterocycles. The van der Waals surface area contributed by atoms with Crippen molar-refractivity contribution >= 4 is 38.4 Å². The highest BCUT2D eigenvalue weighted by atomic mass is 79.9. The van der Waals surface area contributed by atoms with Crippen molar-refractivity contribution in [2.24, 2.45) is 0 Å². The molecular formula is C18H15BrN2O2. The van der Waals surface area contributed by atoms with Gasteiger partial charge in [0.05, 0.1) is 5.52 Å². The molecule has 0 saturated heterocycles. The molecule has 1 aromatic heterocycles. The van der Waals surface area contributed by atoms with Crippen LogP contribution in [0.4, 0.5) is 5.69 Å². The quantitative estimate of drug-likeness (QED) is 0.711. The van der Waals surface area contributed by atoms with Crippen LogP contribution in [0.3, 0.4) is 0 Å². The fourth-order valence-electron chi connectivity index (χ4n) is 2.47. The molecule has 0 saturated carbocycles. The van der Waals surface area contributed by atoms with Crippen LogP contribution in [-0.4, -0.2) is 10.9 Å². The number of rotatable bonds is 2. The van der Waals surface area contributed by atoms with Crippen molar-refractivity contribution < 1.29 is 4.79 Å². The molecule has 2 N–H and O–H groups in total. The summed E-state index contributed by atoms with van der Waals surface area (Å²) in [6, 6.07) is 12.7. The first kappa shape index (κ1) is 15.5. The van der Waals surface area contributed by atoms with Gasteiger partial charge in [-0.25, -0.2) is 0 Å². The van der Waals surface area contributed by atoms with Crippen molar-refractivity contribution in [3.05, 3.63) is 74.0 Å². The summed E-state index contributed by atoms with van der Waals surface area (Å²) >= 11 is 3.35. The number of amides is 1. The molecule has 0 fully saturated rings. The highest BCUT2D eigenvalue weighted by Crippen LogP contribution is 2.21. The zero-order valence-electron chi connectivity index (χ0n) is 12.7. The molecule has 0 atom stereocenters. The highest BCUT2D eigenvalue weighted by molar-refractivity contribution is 9.10. The Morgan fingerprint density at radius 1 is 1.09 bits per heavy atom. The summed E-state index contributed by atoms with van der Waals surface area (Å²) in [5.74, 6) is -0.197. The lowest BCUT2D eigenvalue weighted by Gasteiger charge is -2.09. The molecule has 116 valence electrons. The second-order valence-corrected chi connectivity index (χ2v) is 6.34. The predicted octanol–water partition coefficient (Wildman–Crippen LogP) is 4.16. The predicted molar refractivity (Wildman–Crippen MR) is 96.1 cm³/mol. The normalized spacial score (nSPS) is 10.7. The van der Waals surface area contributed by atoms with E-state index in [1.165, 1.54) is 0 Å². The molecule has 3 rings (SSSR count). The van der Waals surface area contributed by atoms with E-state index in [4.69, 9.17) is 0 Å². The van der Waals surface area contributed by atoms with Crippen molar-refractivity contribution in [2.45, 2.75) is 13.8 Å². The molecule has 0 radical (unpaired) electrons. The Kier molecular flexibility index (Phi) is 4.05. The number of pyridine rings is 1. The number of benzene rings is 2. The minimum atomic E-state index is -0.197. The maximum absolute atomic E-state index is 12.3. The number of nitrogens with one attached hydrogen (secondary N) is 2. The number of anilines is 1. The third-order valence-electron chi connectivity index (χ3n) is 3.92. The summed E-state index contributed by atoms with van der Waals surface area (Å²) in [7, 11) is 0.